The summed E-state index contributed by atoms with van der Waals surface area (Å²) in [5.41, 5.74) is 7.17. The van der Waals surface area contributed by atoms with Crippen LogP contribution in [0.4, 0.5) is 18.9 Å². The van der Waals surface area contributed by atoms with E-state index in [9.17, 15) is 13.2 Å². The van der Waals surface area contributed by atoms with Gasteiger partial charge in [-0.3, -0.25) is 4.99 Å². The fourth-order valence-electron chi connectivity index (χ4n) is 3.08. The molecule has 0 spiro atoms. The Bertz CT molecular complexity index is 852. The summed E-state index contributed by atoms with van der Waals surface area (Å²) in [6.45, 7) is 1.72. The monoisotopic (exact) mass is 381 g/mol. The quantitative estimate of drug-likeness (QED) is 0.833. The molecule has 0 fully saturated rings. The zero-order valence-corrected chi connectivity index (χ0v) is 15.2. The Morgan fingerprint density at radius 2 is 2.19 bits per heavy atom. The number of aromatic nitrogens is 2. The molecule has 0 saturated carbocycles. The minimum Gasteiger partial charge on any atom is -0.386 e. The first-order valence-electron chi connectivity index (χ1n) is 8.57. The topological polar surface area (TPSA) is 77.5 Å². The molecule has 2 heterocycles. The Balaban J connectivity index is 1.82. The molecule has 146 valence electrons. The van der Waals surface area contributed by atoms with E-state index in [2.05, 4.69) is 15.4 Å². The van der Waals surface area contributed by atoms with Crippen molar-refractivity contribution in [2.45, 2.75) is 38.9 Å². The number of aliphatic imine (C=N–C) groups is 1. The molecule has 0 saturated heterocycles. The first-order chi connectivity index (χ1) is 12.8. The van der Waals surface area contributed by atoms with Crippen molar-refractivity contribution in [2.24, 2.45) is 10.7 Å². The average molecular weight is 381 g/mol. The van der Waals surface area contributed by atoms with Crippen molar-refractivity contribution in [2.75, 3.05) is 18.5 Å². The summed E-state index contributed by atoms with van der Waals surface area (Å²) in [5, 5.41) is 6.97. The summed E-state index contributed by atoms with van der Waals surface area (Å²) < 4.78 is 46.0. The second-order valence-electron chi connectivity index (χ2n) is 6.74. The molecule has 0 radical (unpaired) electrons. The standard InChI is InChI=1S/C18H22F3N5O/c1-11-9-26(17(20)21)25-15(11)8-23-12-3-4-14(19)13(7-12)18(2)5-6-27-10-16(22)24-18/h3-4,7,9,17,23H,5-6,8,10H2,1-2H3,(H2,22,24)/t18-/m0/s1. The minimum absolute atomic E-state index is 0.223. The summed E-state index contributed by atoms with van der Waals surface area (Å²) in [5.74, 6) is -0.0689. The van der Waals surface area contributed by atoms with E-state index in [0.717, 1.165) is 0 Å². The molecule has 1 atom stereocenters. The maximum Gasteiger partial charge on any atom is 0.333 e. The fourth-order valence-corrected chi connectivity index (χ4v) is 3.08. The van der Waals surface area contributed by atoms with Crippen LogP contribution in [0.5, 0.6) is 0 Å². The molecule has 27 heavy (non-hydrogen) atoms. The number of nitrogens with zero attached hydrogens (tertiary/aromatic N) is 3. The van der Waals surface area contributed by atoms with E-state index in [4.69, 9.17) is 10.5 Å². The van der Waals surface area contributed by atoms with Crippen LogP contribution in [-0.4, -0.2) is 28.8 Å². The van der Waals surface area contributed by atoms with Gasteiger partial charge in [0, 0.05) is 24.1 Å². The largest absolute Gasteiger partial charge is 0.386 e. The van der Waals surface area contributed by atoms with E-state index >= 15 is 0 Å². The molecule has 0 unspecified atom stereocenters. The molecule has 0 bridgehead atoms. The van der Waals surface area contributed by atoms with Crippen LogP contribution in [0.15, 0.2) is 29.4 Å². The number of rotatable bonds is 5. The second-order valence-corrected chi connectivity index (χ2v) is 6.74. The average Bonchev–Trinajstić information content (AvgIpc) is 2.89. The number of aryl methyl sites for hydroxylation is 1. The molecule has 0 amide bonds. The van der Waals surface area contributed by atoms with E-state index < -0.39 is 12.1 Å². The molecule has 6 nitrogen and oxygen atoms in total. The molecule has 2 aromatic rings. The third-order valence-corrected chi connectivity index (χ3v) is 4.60. The molecule has 3 rings (SSSR count). The number of halogens is 3. The van der Waals surface area contributed by atoms with Crippen LogP contribution in [-0.2, 0) is 16.8 Å². The number of amidine groups is 1. The number of nitrogens with one attached hydrogen (secondary N) is 1. The number of alkyl halides is 2. The molecular formula is C18H22F3N5O. The van der Waals surface area contributed by atoms with Crippen molar-refractivity contribution in [1.82, 2.24) is 9.78 Å². The van der Waals surface area contributed by atoms with Crippen LogP contribution >= 0.6 is 0 Å². The van der Waals surface area contributed by atoms with E-state index in [0.29, 0.717) is 46.1 Å². The van der Waals surface area contributed by atoms with Crippen molar-refractivity contribution >= 4 is 11.5 Å². The second kappa shape index (κ2) is 7.59. The van der Waals surface area contributed by atoms with Crippen LogP contribution in [0.1, 0.15) is 36.7 Å². The molecule has 0 aliphatic carbocycles. The third-order valence-electron chi connectivity index (χ3n) is 4.60. The summed E-state index contributed by atoms with van der Waals surface area (Å²) in [6, 6.07) is 4.60. The summed E-state index contributed by atoms with van der Waals surface area (Å²) in [6.07, 6.45) is 1.79. The van der Waals surface area contributed by atoms with E-state index in [1.165, 1.54) is 12.3 Å². The summed E-state index contributed by atoms with van der Waals surface area (Å²) >= 11 is 0. The molecule has 9 heteroatoms. The Kier molecular flexibility index (Phi) is 5.41. The van der Waals surface area contributed by atoms with Crippen molar-refractivity contribution in [3.8, 4) is 0 Å². The lowest BCUT2D eigenvalue weighted by Crippen LogP contribution is -2.25. The van der Waals surface area contributed by atoms with Crippen LogP contribution in [0.25, 0.3) is 0 Å². The molecule has 1 aromatic heterocycles. The number of hydrogen-bond donors (Lipinski definition) is 2. The smallest absolute Gasteiger partial charge is 0.333 e. The molecular weight excluding hydrogens is 359 g/mol. The first kappa shape index (κ1) is 19.2. The van der Waals surface area contributed by atoms with Gasteiger partial charge in [0.2, 0.25) is 0 Å². The van der Waals surface area contributed by atoms with Crippen molar-refractivity contribution in [1.29, 1.82) is 0 Å². The molecule has 1 aliphatic heterocycles. The highest BCUT2D eigenvalue weighted by Gasteiger charge is 2.31. The van der Waals surface area contributed by atoms with Crippen LogP contribution < -0.4 is 11.1 Å². The van der Waals surface area contributed by atoms with Crippen molar-refractivity contribution in [3.63, 3.8) is 0 Å². The minimum atomic E-state index is -2.68. The number of nitrogens with two attached hydrogens (primary N) is 1. The van der Waals surface area contributed by atoms with E-state index in [1.807, 2.05) is 6.92 Å². The predicted molar refractivity (Wildman–Crippen MR) is 96.4 cm³/mol. The number of ether oxygens (including phenoxy) is 1. The van der Waals surface area contributed by atoms with Gasteiger partial charge in [-0.2, -0.15) is 13.9 Å². The van der Waals surface area contributed by atoms with E-state index in [1.54, 1.807) is 19.1 Å². The Labute approximate surface area is 155 Å². The van der Waals surface area contributed by atoms with Gasteiger partial charge in [-0.1, -0.05) is 0 Å². The highest BCUT2D eigenvalue weighted by atomic mass is 19.3. The third kappa shape index (κ3) is 4.24. The van der Waals surface area contributed by atoms with Gasteiger partial charge in [-0.25, -0.2) is 9.07 Å². The van der Waals surface area contributed by atoms with Gasteiger partial charge in [0.25, 0.3) is 0 Å². The van der Waals surface area contributed by atoms with Crippen molar-refractivity contribution < 1.29 is 17.9 Å². The van der Waals surface area contributed by atoms with Gasteiger partial charge in [0.05, 0.1) is 17.8 Å². The maximum atomic E-state index is 14.5. The van der Waals surface area contributed by atoms with Gasteiger partial charge in [-0.05, 0) is 44.0 Å². The molecule has 1 aliphatic rings. The van der Waals surface area contributed by atoms with Gasteiger partial charge in [0.15, 0.2) is 0 Å². The van der Waals surface area contributed by atoms with Crippen LogP contribution in [0, 0.1) is 12.7 Å². The molecule has 1 aromatic carbocycles. The lowest BCUT2D eigenvalue weighted by molar-refractivity contribution is 0.0561. The van der Waals surface area contributed by atoms with Crippen molar-refractivity contribution in [3.05, 3.63) is 47.0 Å². The Hall–Kier alpha value is -2.55. The predicted octanol–water partition coefficient (Wildman–Crippen LogP) is 3.33. The molecule has 3 N–H and O–H groups in total. The zero-order chi connectivity index (χ0) is 19.6. The zero-order valence-electron chi connectivity index (χ0n) is 15.2. The summed E-state index contributed by atoms with van der Waals surface area (Å²) in [7, 11) is 0. The fraction of sp³-hybridized carbons (Fsp3) is 0.444. The lowest BCUT2D eigenvalue weighted by atomic mass is 9.88. The maximum absolute atomic E-state index is 14.5. The first-order valence-corrected chi connectivity index (χ1v) is 8.57. The summed E-state index contributed by atoms with van der Waals surface area (Å²) in [4.78, 5) is 4.44. The Morgan fingerprint density at radius 1 is 1.41 bits per heavy atom. The highest BCUT2D eigenvalue weighted by Crippen LogP contribution is 2.34. The number of anilines is 1. The normalized spacial score (nSPS) is 20.4. The van der Waals surface area contributed by atoms with Crippen LogP contribution in [0.2, 0.25) is 0 Å². The van der Waals surface area contributed by atoms with Gasteiger partial charge in [-0.15, -0.1) is 0 Å². The van der Waals surface area contributed by atoms with E-state index in [-0.39, 0.29) is 19.0 Å². The van der Waals surface area contributed by atoms with Crippen LogP contribution in [0.3, 0.4) is 0 Å². The van der Waals surface area contributed by atoms with Gasteiger partial charge < -0.3 is 15.8 Å². The number of hydrogen-bond acceptors (Lipinski definition) is 5. The highest BCUT2D eigenvalue weighted by molar-refractivity contribution is 5.82. The van der Waals surface area contributed by atoms with Gasteiger partial charge in [0.1, 0.15) is 18.3 Å². The lowest BCUT2D eigenvalue weighted by Gasteiger charge is -2.25. The Morgan fingerprint density at radius 3 is 2.89 bits per heavy atom. The van der Waals surface area contributed by atoms with Gasteiger partial charge >= 0.3 is 6.55 Å². The SMILES string of the molecule is Cc1cn(C(F)F)nc1CNc1ccc(F)c([C@]2(C)CCOCC(N)=N2)c1. The number of benzene rings is 1.